The Morgan fingerprint density at radius 2 is 1.75 bits per heavy atom. The molecule has 0 radical (unpaired) electrons. The quantitative estimate of drug-likeness (QED) is 0.644. The highest BCUT2D eigenvalue weighted by atomic mass is 32.2. The number of benzene rings is 2. The molecule has 0 atom stereocenters. The Morgan fingerprint density at radius 1 is 0.964 bits per heavy atom. The summed E-state index contributed by atoms with van der Waals surface area (Å²) in [5, 5.41) is 2.76. The van der Waals surface area contributed by atoms with Crippen LogP contribution in [0.1, 0.15) is 27.2 Å². The Morgan fingerprint density at radius 3 is 2.43 bits per heavy atom. The molecule has 1 aromatic heterocycles. The van der Waals surface area contributed by atoms with Crippen molar-refractivity contribution in [2.45, 2.75) is 24.9 Å². The van der Waals surface area contributed by atoms with Crippen molar-refractivity contribution in [2.24, 2.45) is 0 Å². The van der Waals surface area contributed by atoms with E-state index in [0.717, 1.165) is 16.8 Å². The van der Waals surface area contributed by atoms with Gasteiger partial charge in [0.05, 0.1) is 17.1 Å². The van der Waals surface area contributed by atoms with Gasteiger partial charge in [-0.2, -0.15) is 0 Å². The van der Waals surface area contributed by atoms with Crippen LogP contribution in [0.4, 0.5) is 0 Å². The average molecular weight is 395 g/mol. The monoisotopic (exact) mass is 395 g/mol. The fourth-order valence-electron chi connectivity index (χ4n) is 2.64. The third-order valence-corrected chi connectivity index (χ3v) is 5.55. The molecule has 0 aliphatic carbocycles. The maximum absolute atomic E-state index is 12.5. The zero-order valence-corrected chi connectivity index (χ0v) is 16.2. The predicted molar refractivity (Wildman–Crippen MR) is 107 cm³/mol. The smallest absolute Gasteiger partial charge is 0.251 e. The molecule has 6 nitrogen and oxygen atoms in total. The fourth-order valence-corrected chi connectivity index (χ4v) is 3.66. The Hall–Kier alpha value is -3.03. The van der Waals surface area contributed by atoms with Gasteiger partial charge in [0, 0.05) is 18.3 Å². The minimum atomic E-state index is -3.66. The highest BCUT2D eigenvalue weighted by molar-refractivity contribution is 7.89. The molecule has 28 heavy (non-hydrogen) atoms. The van der Waals surface area contributed by atoms with Crippen LogP contribution in [0.15, 0.2) is 77.8 Å². The molecule has 0 saturated carbocycles. The number of aryl methyl sites for hydroxylation is 1. The van der Waals surface area contributed by atoms with Gasteiger partial charge in [-0.05, 0) is 48.9 Å². The van der Waals surface area contributed by atoms with Crippen LogP contribution < -0.4 is 10.0 Å². The van der Waals surface area contributed by atoms with E-state index in [-0.39, 0.29) is 17.3 Å². The summed E-state index contributed by atoms with van der Waals surface area (Å²) in [5.74, 6) is -0.290. The van der Waals surface area contributed by atoms with Gasteiger partial charge in [0.1, 0.15) is 0 Å². The van der Waals surface area contributed by atoms with Gasteiger partial charge in [0.25, 0.3) is 5.91 Å². The number of carbonyl (C=O) groups excluding carboxylic acids is 1. The second-order valence-electron chi connectivity index (χ2n) is 6.34. The van der Waals surface area contributed by atoms with Crippen LogP contribution in [0.3, 0.4) is 0 Å². The minimum Gasteiger partial charge on any atom is -0.346 e. The van der Waals surface area contributed by atoms with Gasteiger partial charge in [0.15, 0.2) is 0 Å². The van der Waals surface area contributed by atoms with Crippen LogP contribution in [0.2, 0.25) is 0 Å². The number of aromatic nitrogens is 1. The number of nitrogens with one attached hydrogen (secondary N) is 2. The highest BCUT2D eigenvalue weighted by Crippen LogP contribution is 2.12. The molecule has 0 spiro atoms. The Balaban J connectivity index is 1.61. The average Bonchev–Trinajstić information content (AvgIpc) is 2.71. The molecule has 144 valence electrons. The molecule has 2 N–H and O–H groups in total. The van der Waals surface area contributed by atoms with E-state index in [0.29, 0.717) is 12.1 Å². The number of sulfonamides is 1. The summed E-state index contributed by atoms with van der Waals surface area (Å²) < 4.78 is 27.5. The summed E-state index contributed by atoms with van der Waals surface area (Å²) in [7, 11) is -3.66. The first-order valence-electron chi connectivity index (χ1n) is 8.77. The van der Waals surface area contributed by atoms with Gasteiger partial charge in [-0.3, -0.25) is 9.78 Å². The molecule has 3 rings (SSSR count). The first-order chi connectivity index (χ1) is 13.4. The van der Waals surface area contributed by atoms with Crippen LogP contribution >= 0.6 is 0 Å². The van der Waals surface area contributed by atoms with Crippen molar-refractivity contribution in [2.75, 3.05) is 0 Å². The lowest BCUT2D eigenvalue weighted by atomic mass is 10.1. The van der Waals surface area contributed by atoms with Gasteiger partial charge in [0.2, 0.25) is 10.0 Å². The zero-order valence-electron chi connectivity index (χ0n) is 15.4. The molecular formula is C21H21N3O3S. The number of carbonyl (C=O) groups is 1. The summed E-state index contributed by atoms with van der Waals surface area (Å²) in [6.45, 7) is 2.46. The van der Waals surface area contributed by atoms with E-state index in [4.69, 9.17) is 0 Å². The number of hydrogen-bond acceptors (Lipinski definition) is 4. The molecule has 1 heterocycles. The molecule has 0 aliphatic rings. The normalized spacial score (nSPS) is 11.2. The number of nitrogens with zero attached hydrogens (tertiary/aromatic N) is 1. The number of pyridine rings is 1. The third-order valence-electron chi connectivity index (χ3n) is 4.13. The molecule has 3 aromatic rings. The number of amides is 1. The molecule has 0 unspecified atom stereocenters. The van der Waals surface area contributed by atoms with Crippen LogP contribution in [0.25, 0.3) is 0 Å². The molecule has 0 aliphatic heterocycles. The lowest BCUT2D eigenvalue weighted by Gasteiger charge is -2.09. The first kappa shape index (κ1) is 19.7. The lowest BCUT2D eigenvalue weighted by Crippen LogP contribution is -2.24. The number of hydrogen-bond donors (Lipinski definition) is 2. The largest absolute Gasteiger partial charge is 0.346 e. The zero-order chi connectivity index (χ0) is 20.0. The van der Waals surface area contributed by atoms with Crippen molar-refractivity contribution >= 4 is 15.9 Å². The SMILES string of the molecule is Cc1cccc(CNS(=O)(=O)c2ccc(C(=O)NCc3ccccn3)cc2)c1. The van der Waals surface area contributed by atoms with Gasteiger partial charge in [-0.15, -0.1) is 0 Å². The van der Waals surface area contributed by atoms with E-state index in [2.05, 4.69) is 15.0 Å². The van der Waals surface area contributed by atoms with E-state index in [9.17, 15) is 13.2 Å². The second-order valence-corrected chi connectivity index (χ2v) is 8.11. The maximum Gasteiger partial charge on any atom is 0.251 e. The first-order valence-corrected chi connectivity index (χ1v) is 10.3. The molecule has 1 amide bonds. The Bertz CT molecular complexity index is 1050. The van der Waals surface area contributed by atoms with Crippen LogP contribution in [-0.4, -0.2) is 19.3 Å². The van der Waals surface area contributed by atoms with Gasteiger partial charge >= 0.3 is 0 Å². The standard InChI is InChI=1S/C21H21N3O3S/c1-16-5-4-6-17(13-16)14-24-28(26,27)20-10-8-18(9-11-20)21(25)23-15-19-7-2-3-12-22-19/h2-13,24H,14-15H2,1H3,(H,23,25). The second kappa shape index (κ2) is 8.77. The Kier molecular flexibility index (Phi) is 6.18. The molecule has 0 fully saturated rings. The van der Waals surface area contributed by atoms with E-state index < -0.39 is 10.0 Å². The fraction of sp³-hybridized carbons (Fsp3) is 0.143. The van der Waals surface area contributed by atoms with Crippen LogP contribution in [-0.2, 0) is 23.1 Å². The van der Waals surface area contributed by atoms with Crippen molar-refractivity contribution in [1.82, 2.24) is 15.0 Å². The summed E-state index contributed by atoms with van der Waals surface area (Å²) in [6.07, 6.45) is 1.66. The van der Waals surface area contributed by atoms with Crippen molar-refractivity contribution in [3.8, 4) is 0 Å². The van der Waals surface area contributed by atoms with Gasteiger partial charge < -0.3 is 5.32 Å². The van der Waals surface area contributed by atoms with E-state index in [1.54, 1.807) is 12.3 Å². The molecule has 7 heteroatoms. The molecule has 0 bridgehead atoms. The van der Waals surface area contributed by atoms with E-state index >= 15 is 0 Å². The Labute approximate surface area is 164 Å². The van der Waals surface area contributed by atoms with E-state index in [1.165, 1.54) is 24.3 Å². The molecular weight excluding hydrogens is 374 g/mol. The summed E-state index contributed by atoms with van der Waals surface area (Å²) >= 11 is 0. The third kappa shape index (κ3) is 5.25. The van der Waals surface area contributed by atoms with Gasteiger partial charge in [-0.1, -0.05) is 35.9 Å². The summed E-state index contributed by atoms with van der Waals surface area (Å²) in [4.78, 5) is 16.5. The number of rotatable bonds is 7. The summed E-state index contributed by atoms with van der Waals surface area (Å²) in [6, 6.07) is 18.9. The lowest BCUT2D eigenvalue weighted by molar-refractivity contribution is 0.0950. The molecule has 2 aromatic carbocycles. The van der Waals surface area contributed by atoms with Crippen LogP contribution in [0, 0.1) is 6.92 Å². The highest BCUT2D eigenvalue weighted by Gasteiger charge is 2.15. The van der Waals surface area contributed by atoms with Crippen molar-refractivity contribution in [3.05, 3.63) is 95.3 Å². The predicted octanol–water partition coefficient (Wildman–Crippen LogP) is 2.80. The minimum absolute atomic E-state index is 0.112. The topological polar surface area (TPSA) is 88.2 Å². The van der Waals surface area contributed by atoms with Crippen molar-refractivity contribution in [3.63, 3.8) is 0 Å². The van der Waals surface area contributed by atoms with Crippen LogP contribution in [0.5, 0.6) is 0 Å². The van der Waals surface area contributed by atoms with Crippen molar-refractivity contribution in [1.29, 1.82) is 0 Å². The van der Waals surface area contributed by atoms with Gasteiger partial charge in [-0.25, -0.2) is 13.1 Å². The van der Waals surface area contributed by atoms with Crippen molar-refractivity contribution < 1.29 is 13.2 Å². The summed E-state index contributed by atoms with van der Waals surface area (Å²) in [5.41, 5.74) is 3.08. The maximum atomic E-state index is 12.5. The molecule has 0 saturated heterocycles. The van der Waals surface area contributed by atoms with E-state index in [1.807, 2.05) is 43.3 Å².